The molecule has 110 valence electrons. The van der Waals surface area contributed by atoms with E-state index >= 15 is 0 Å². The molecule has 6 nitrogen and oxygen atoms in total. The Morgan fingerprint density at radius 1 is 1.48 bits per heavy atom. The standard InChI is InChI=1S/C15H17N3O3/c1-10-17-13-6-2-5-12(13)15(20)18(10)9-14(19)16-8-11-4-3-7-21-11/h3-4,7H,2,5-6,8-9H2,1H3,(H,16,19). The van der Waals surface area contributed by atoms with Crippen molar-refractivity contribution >= 4 is 5.91 Å². The first-order valence-electron chi connectivity index (χ1n) is 7.03. The second kappa shape index (κ2) is 5.55. The van der Waals surface area contributed by atoms with Crippen LogP contribution in [0.15, 0.2) is 27.6 Å². The normalized spacial score (nSPS) is 13.2. The average Bonchev–Trinajstić information content (AvgIpc) is 3.12. The minimum atomic E-state index is -0.226. The zero-order valence-corrected chi connectivity index (χ0v) is 11.9. The minimum Gasteiger partial charge on any atom is -0.467 e. The van der Waals surface area contributed by atoms with Gasteiger partial charge in [0.25, 0.3) is 5.56 Å². The fraction of sp³-hybridized carbons (Fsp3) is 0.400. The van der Waals surface area contributed by atoms with E-state index in [2.05, 4.69) is 10.3 Å². The van der Waals surface area contributed by atoms with Gasteiger partial charge in [-0.1, -0.05) is 0 Å². The van der Waals surface area contributed by atoms with Crippen LogP contribution < -0.4 is 10.9 Å². The highest BCUT2D eigenvalue weighted by Gasteiger charge is 2.20. The molecule has 2 aromatic rings. The highest BCUT2D eigenvalue weighted by atomic mass is 16.3. The van der Waals surface area contributed by atoms with Gasteiger partial charge in [0.1, 0.15) is 18.1 Å². The smallest absolute Gasteiger partial charge is 0.257 e. The molecule has 0 saturated heterocycles. The molecule has 0 unspecified atom stereocenters. The lowest BCUT2D eigenvalue weighted by atomic mass is 10.2. The van der Waals surface area contributed by atoms with Gasteiger partial charge in [-0.3, -0.25) is 14.2 Å². The number of furan rings is 1. The van der Waals surface area contributed by atoms with Gasteiger partial charge in [-0.25, -0.2) is 4.98 Å². The van der Waals surface area contributed by atoms with Crippen LogP contribution in [-0.2, 0) is 30.7 Å². The molecule has 3 rings (SSSR count). The third kappa shape index (κ3) is 2.74. The van der Waals surface area contributed by atoms with Crippen molar-refractivity contribution in [2.75, 3.05) is 0 Å². The second-order valence-corrected chi connectivity index (χ2v) is 5.19. The van der Waals surface area contributed by atoms with Gasteiger partial charge in [0.15, 0.2) is 0 Å². The van der Waals surface area contributed by atoms with E-state index in [1.807, 2.05) is 0 Å². The molecule has 0 bridgehead atoms. The summed E-state index contributed by atoms with van der Waals surface area (Å²) < 4.78 is 6.59. The summed E-state index contributed by atoms with van der Waals surface area (Å²) in [6, 6.07) is 3.55. The SMILES string of the molecule is Cc1nc2c(c(=O)n1CC(=O)NCc1ccco1)CCC2. The highest BCUT2D eigenvalue weighted by Crippen LogP contribution is 2.16. The van der Waals surface area contributed by atoms with Gasteiger partial charge < -0.3 is 9.73 Å². The van der Waals surface area contributed by atoms with Crippen molar-refractivity contribution in [2.45, 2.75) is 39.3 Å². The number of rotatable bonds is 4. The number of fused-ring (bicyclic) bond motifs is 1. The van der Waals surface area contributed by atoms with Crippen LogP contribution in [0.3, 0.4) is 0 Å². The molecule has 2 heterocycles. The molecule has 21 heavy (non-hydrogen) atoms. The first-order valence-corrected chi connectivity index (χ1v) is 7.03. The topological polar surface area (TPSA) is 77.1 Å². The number of nitrogens with zero attached hydrogens (tertiary/aromatic N) is 2. The van der Waals surface area contributed by atoms with Crippen LogP contribution in [0, 0.1) is 6.92 Å². The first kappa shape index (κ1) is 13.6. The van der Waals surface area contributed by atoms with Gasteiger partial charge in [-0.15, -0.1) is 0 Å². The molecule has 2 aromatic heterocycles. The van der Waals surface area contributed by atoms with Crippen molar-refractivity contribution in [3.63, 3.8) is 0 Å². The summed E-state index contributed by atoms with van der Waals surface area (Å²) in [7, 11) is 0. The van der Waals surface area contributed by atoms with Gasteiger partial charge in [-0.05, 0) is 38.3 Å². The first-order chi connectivity index (χ1) is 10.1. The molecule has 1 aliphatic carbocycles. The summed E-state index contributed by atoms with van der Waals surface area (Å²) in [5.74, 6) is 1.05. The number of carbonyl (C=O) groups is 1. The van der Waals surface area contributed by atoms with Crippen molar-refractivity contribution in [2.24, 2.45) is 0 Å². The number of hydrogen-bond acceptors (Lipinski definition) is 4. The number of amides is 1. The van der Waals surface area contributed by atoms with Crippen LogP contribution >= 0.6 is 0 Å². The molecule has 6 heteroatoms. The number of hydrogen-bond donors (Lipinski definition) is 1. The van der Waals surface area contributed by atoms with E-state index in [9.17, 15) is 9.59 Å². The maximum absolute atomic E-state index is 12.4. The maximum Gasteiger partial charge on any atom is 0.257 e. The summed E-state index contributed by atoms with van der Waals surface area (Å²) in [6.45, 7) is 2.07. The summed E-state index contributed by atoms with van der Waals surface area (Å²) in [4.78, 5) is 28.8. The van der Waals surface area contributed by atoms with Crippen molar-refractivity contribution in [3.05, 3.63) is 51.6 Å². The van der Waals surface area contributed by atoms with E-state index in [1.54, 1.807) is 25.3 Å². The molecule has 1 amide bonds. The fourth-order valence-electron chi connectivity index (χ4n) is 2.63. The van der Waals surface area contributed by atoms with E-state index < -0.39 is 0 Å². The van der Waals surface area contributed by atoms with Crippen molar-refractivity contribution in [1.82, 2.24) is 14.9 Å². The van der Waals surface area contributed by atoms with Gasteiger partial charge in [-0.2, -0.15) is 0 Å². The molecule has 1 N–H and O–H groups in total. The molecule has 0 aromatic carbocycles. The van der Waals surface area contributed by atoms with Gasteiger partial charge in [0, 0.05) is 5.56 Å². The Hall–Kier alpha value is -2.37. The zero-order chi connectivity index (χ0) is 14.8. The monoisotopic (exact) mass is 287 g/mol. The Morgan fingerprint density at radius 3 is 3.10 bits per heavy atom. The number of aromatic nitrogens is 2. The predicted octanol–water partition coefficient (Wildman–Crippen LogP) is 0.950. The lowest BCUT2D eigenvalue weighted by Crippen LogP contribution is -2.35. The van der Waals surface area contributed by atoms with Gasteiger partial charge >= 0.3 is 0 Å². The molecular weight excluding hydrogens is 270 g/mol. The van der Waals surface area contributed by atoms with Crippen LogP contribution in [0.25, 0.3) is 0 Å². The maximum atomic E-state index is 12.4. The molecule has 0 aliphatic heterocycles. The molecular formula is C15H17N3O3. The molecule has 0 fully saturated rings. The quantitative estimate of drug-likeness (QED) is 0.908. The molecule has 1 aliphatic rings. The van der Waals surface area contributed by atoms with Gasteiger partial charge in [0.05, 0.1) is 18.5 Å². The average molecular weight is 287 g/mol. The highest BCUT2D eigenvalue weighted by molar-refractivity contribution is 5.75. The Balaban J connectivity index is 1.73. The van der Waals surface area contributed by atoms with Crippen LogP contribution in [0.1, 0.15) is 29.3 Å². The van der Waals surface area contributed by atoms with Crippen LogP contribution in [-0.4, -0.2) is 15.5 Å². The zero-order valence-electron chi connectivity index (χ0n) is 11.9. The number of carbonyl (C=O) groups excluding carboxylic acids is 1. The van der Waals surface area contributed by atoms with E-state index in [0.717, 1.165) is 30.5 Å². The Bertz CT molecular complexity index is 717. The van der Waals surface area contributed by atoms with Gasteiger partial charge in [0.2, 0.25) is 5.91 Å². The Kier molecular flexibility index (Phi) is 3.60. The van der Waals surface area contributed by atoms with Crippen molar-refractivity contribution in [1.29, 1.82) is 0 Å². The number of aryl methyl sites for hydroxylation is 2. The summed E-state index contributed by atoms with van der Waals surface area (Å²) >= 11 is 0. The van der Waals surface area contributed by atoms with E-state index in [0.29, 0.717) is 18.1 Å². The van der Waals surface area contributed by atoms with E-state index in [1.165, 1.54) is 4.57 Å². The molecule has 0 atom stereocenters. The van der Waals surface area contributed by atoms with Crippen molar-refractivity contribution in [3.8, 4) is 0 Å². The lowest BCUT2D eigenvalue weighted by Gasteiger charge is -2.11. The number of nitrogens with one attached hydrogen (secondary N) is 1. The summed E-state index contributed by atoms with van der Waals surface area (Å²) in [5.41, 5.74) is 1.58. The largest absolute Gasteiger partial charge is 0.467 e. The fourth-order valence-corrected chi connectivity index (χ4v) is 2.63. The second-order valence-electron chi connectivity index (χ2n) is 5.19. The van der Waals surface area contributed by atoms with E-state index in [-0.39, 0.29) is 18.0 Å². The van der Waals surface area contributed by atoms with Crippen LogP contribution in [0.5, 0.6) is 0 Å². The molecule has 0 saturated carbocycles. The lowest BCUT2D eigenvalue weighted by molar-refractivity contribution is -0.122. The van der Waals surface area contributed by atoms with Crippen LogP contribution in [0.2, 0.25) is 0 Å². The van der Waals surface area contributed by atoms with Crippen molar-refractivity contribution < 1.29 is 9.21 Å². The third-order valence-electron chi connectivity index (χ3n) is 3.72. The minimum absolute atomic E-state index is 0.00828. The Morgan fingerprint density at radius 2 is 2.33 bits per heavy atom. The third-order valence-corrected chi connectivity index (χ3v) is 3.72. The Labute approximate surface area is 121 Å². The summed E-state index contributed by atoms with van der Waals surface area (Å²) in [6.07, 6.45) is 4.14. The van der Waals surface area contributed by atoms with E-state index in [4.69, 9.17) is 4.42 Å². The molecule has 0 radical (unpaired) electrons. The predicted molar refractivity (Wildman–Crippen MR) is 75.8 cm³/mol. The summed E-state index contributed by atoms with van der Waals surface area (Å²) in [5, 5.41) is 2.74. The van der Waals surface area contributed by atoms with Crippen LogP contribution in [0.4, 0.5) is 0 Å². The molecule has 0 spiro atoms.